The lowest BCUT2D eigenvalue weighted by atomic mass is 9.95. The Morgan fingerprint density at radius 1 is 0.971 bits per heavy atom. The van der Waals surface area contributed by atoms with E-state index in [0.29, 0.717) is 41.6 Å². The smallest absolute Gasteiger partial charge is 0.295 e. The van der Waals surface area contributed by atoms with Gasteiger partial charge in [-0.3, -0.25) is 9.59 Å². The van der Waals surface area contributed by atoms with Gasteiger partial charge in [0.2, 0.25) is 0 Å². The van der Waals surface area contributed by atoms with Crippen LogP contribution in [0.25, 0.3) is 5.76 Å². The van der Waals surface area contributed by atoms with Crippen LogP contribution in [0.4, 0.5) is 0 Å². The number of hydrogen-bond acceptors (Lipinski definition) is 6. The van der Waals surface area contributed by atoms with Gasteiger partial charge >= 0.3 is 0 Å². The molecule has 5 rings (SSSR count). The van der Waals surface area contributed by atoms with Crippen molar-refractivity contribution in [2.45, 2.75) is 12.6 Å². The zero-order chi connectivity index (χ0) is 23.7. The normalized spacial score (nSPS) is 18.7. The van der Waals surface area contributed by atoms with Gasteiger partial charge in [-0.1, -0.05) is 42.5 Å². The highest BCUT2D eigenvalue weighted by molar-refractivity contribution is 6.46. The molecule has 2 aliphatic rings. The van der Waals surface area contributed by atoms with Crippen LogP contribution in [-0.2, 0) is 16.1 Å². The van der Waals surface area contributed by atoms with Gasteiger partial charge in [0.05, 0.1) is 18.7 Å². The van der Waals surface area contributed by atoms with Crippen molar-refractivity contribution in [3.05, 3.63) is 95.1 Å². The van der Waals surface area contributed by atoms with Gasteiger partial charge in [0, 0.05) is 12.1 Å². The lowest BCUT2D eigenvalue weighted by molar-refractivity contribution is -0.140. The highest BCUT2D eigenvalue weighted by atomic mass is 16.6. The van der Waals surface area contributed by atoms with Gasteiger partial charge in [0.15, 0.2) is 11.5 Å². The predicted molar refractivity (Wildman–Crippen MR) is 125 cm³/mol. The number of fused-ring (bicyclic) bond motifs is 1. The fourth-order valence-corrected chi connectivity index (χ4v) is 4.33. The topological polar surface area (TPSA) is 85.3 Å². The van der Waals surface area contributed by atoms with Crippen molar-refractivity contribution in [1.29, 1.82) is 0 Å². The number of amides is 1. The second kappa shape index (κ2) is 8.94. The summed E-state index contributed by atoms with van der Waals surface area (Å²) in [5.74, 6) is -0.0452. The summed E-state index contributed by atoms with van der Waals surface area (Å²) < 4.78 is 16.6. The number of hydrogen-bond donors (Lipinski definition) is 1. The molecule has 1 N–H and O–H groups in total. The molecule has 1 fully saturated rings. The molecule has 0 aromatic heterocycles. The highest BCUT2D eigenvalue weighted by Crippen LogP contribution is 2.42. The number of Topliss-reactive ketones (excluding diaryl/α,β-unsaturated/α-hetero) is 1. The zero-order valence-electron chi connectivity index (χ0n) is 18.6. The molecule has 0 saturated carbocycles. The maximum atomic E-state index is 13.3. The molecule has 3 aromatic carbocycles. The fourth-order valence-electron chi connectivity index (χ4n) is 4.33. The second-order valence-corrected chi connectivity index (χ2v) is 8.05. The van der Waals surface area contributed by atoms with E-state index in [1.807, 2.05) is 36.4 Å². The minimum absolute atomic E-state index is 0.0193. The van der Waals surface area contributed by atoms with Gasteiger partial charge in [-0.2, -0.15) is 0 Å². The Hall–Kier alpha value is -4.26. The molecule has 3 aromatic rings. The molecule has 0 aliphatic carbocycles. The minimum atomic E-state index is -0.788. The molecule has 1 atom stereocenters. The van der Waals surface area contributed by atoms with E-state index in [9.17, 15) is 14.7 Å². The Balaban J connectivity index is 1.64. The standard InChI is InChI=1S/C27H23NO6/c1-32-20-9-5-8-18(14-20)24-23(25(29)19-10-11-21-22(15-19)34-13-12-33-21)26(30)27(31)28(24)16-17-6-3-2-4-7-17/h2-11,14-15,24,29H,12-13,16H2,1H3/b25-23+/t24-/m0/s1. The van der Waals surface area contributed by atoms with Crippen molar-refractivity contribution in [1.82, 2.24) is 4.90 Å². The second-order valence-electron chi connectivity index (χ2n) is 8.05. The molecule has 0 radical (unpaired) electrons. The number of benzene rings is 3. The van der Waals surface area contributed by atoms with Crippen LogP contribution in [-0.4, -0.2) is 42.0 Å². The molecule has 1 amide bonds. The number of rotatable bonds is 5. The molecule has 0 unspecified atom stereocenters. The first-order chi connectivity index (χ1) is 16.6. The summed E-state index contributed by atoms with van der Waals surface area (Å²) in [5.41, 5.74) is 1.92. The van der Waals surface area contributed by atoms with Crippen molar-refractivity contribution in [2.75, 3.05) is 20.3 Å². The van der Waals surface area contributed by atoms with Crippen molar-refractivity contribution < 1.29 is 28.9 Å². The number of methoxy groups -OCH3 is 1. The molecule has 2 heterocycles. The van der Waals surface area contributed by atoms with Gasteiger partial charge in [0.1, 0.15) is 24.7 Å². The molecular weight excluding hydrogens is 434 g/mol. The first-order valence-electron chi connectivity index (χ1n) is 10.9. The summed E-state index contributed by atoms with van der Waals surface area (Å²) in [5, 5.41) is 11.3. The Morgan fingerprint density at radius 3 is 2.50 bits per heavy atom. The number of ether oxygens (including phenoxy) is 3. The molecule has 1 saturated heterocycles. The lowest BCUT2D eigenvalue weighted by Crippen LogP contribution is -2.29. The molecular formula is C27H23NO6. The van der Waals surface area contributed by atoms with Crippen LogP contribution < -0.4 is 14.2 Å². The summed E-state index contributed by atoms with van der Waals surface area (Å²) >= 11 is 0. The first-order valence-corrected chi connectivity index (χ1v) is 10.9. The van der Waals surface area contributed by atoms with Crippen LogP contribution in [0.5, 0.6) is 17.2 Å². The zero-order valence-corrected chi connectivity index (χ0v) is 18.6. The van der Waals surface area contributed by atoms with E-state index in [1.54, 1.807) is 43.5 Å². The van der Waals surface area contributed by atoms with E-state index < -0.39 is 17.7 Å². The van der Waals surface area contributed by atoms with Crippen molar-refractivity contribution in [2.24, 2.45) is 0 Å². The molecule has 7 heteroatoms. The summed E-state index contributed by atoms with van der Waals surface area (Å²) in [7, 11) is 1.55. The van der Waals surface area contributed by atoms with Crippen molar-refractivity contribution in [3.8, 4) is 17.2 Å². The number of carbonyl (C=O) groups excluding carboxylic acids is 2. The van der Waals surface area contributed by atoms with E-state index in [4.69, 9.17) is 14.2 Å². The number of nitrogens with zero attached hydrogens (tertiary/aromatic N) is 1. The van der Waals surface area contributed by atoms with Gasteiger partial charge < -0.3 is 24.2 Å². The molecule has 2 aliphatic heterocycles. The average molecular weight is 457 g/mol. The maximum absolute atomic E-state index is 13.3. The van der Waals surface area contributed by atoms with Gasteiger partial charge in [-0.05, 0) is 41.5 Å². The van der Waals surface area contributed by atoms with Crippen LogP contribution in [0, 0.1) is 0 Å². The van der Waals surface area contributed by atoms with E-state index in [1.165, 1.54) is 4.90 Å². The fraction of sp³-hybridized carbons (Fsp3) is 0.185. The molecule has 172 valence electrons. The Labute approximate surface area is 196 Å². The number of aliphatic hydroxyl groups excluding tert-OH is 1. The number of ketones is 1. The van der Waals surface area contributed by atoms with Crippen LogP contribution in [0.1, 0.15) is 22.7 Å². The molecule has 0 bridgehead atoms. The van der Waals surface area contributed by atoms with E-state index in [0.717, 1.165) is 5.56 Å². The summed E-state index contributed by atoms with van der Waals surface area (Å²) in [6, 6.07) is 20.8. The quantitative estimate of drug-likeness (QED) is 0.353. The Morgan fingerprint density at radius 2 is 1.74 bits per heavy atom. The van der Waals surface area contributed by atoms with Crippen LogP contribution in [0.3, 0.4) is 0 Å². The Bertz CT molecular complexity index is 1280. The first kappa shape index (κ1) is 21.6. The Kier molecular flexibility index (Phi) is 5.67. The summed E-state index contributed by atoms with van der Waals surface area (Å²) in [6.45, 7) is 1.05. The molecule has 0 spiro atoms. The van der Waals surface area contributed by atoms with Crippen molar-refractivity contribution in [3.63, 3.8) is 0 Å². The van der Waals surface area contributed by atoms with E-state index >= 15 is 0 Å². The van der Waals surface area contributed by atoms with Gasteiger partial charge in [0.25, 0.3) is 11.7 Å². The number of likely N-dealkylation sites (tertiary alicyclic amines) is 1. The average Bonchev–Trinajstić information content (AvgIpc) is 3.13. The summed E-state index contributed by atoms with van der Waals surface area (Å²) in [4.78, 5) is 27.9. The van der Waals surface area contributed by atoms with Crippen LogP contribution in [0.15, 0.2) is 78.4 Å². The molecule has 7 nitrogen and oxygen atoms in total. The van der Waals surface area contributed by atoms with Gasteiger partial charge in [-0.25, -0.2) is 0 Å². The maximum Gasteiger partial charge on any atom is 0.295 e. The SMILES string of the molecule is COc1cccc([C@H]2/C(=C(\O)c3ccc4c(c3)OCCO4)C(=O)C(=O)N2Cc2ccccc2)c1. The largest absolute Gasteiger partial charge is 0.507 e. The van der Waals surface area contributed by atoms with E-state index in [-0.39, 0.29) is 17.9 Å². The highest BCUT2D eigenvalue weighted by Gasteiger charge is 2.46. The third kappa shape index (κ3) is 3.85. The lowest BCUT2D eigenvalue weighted by Gasteiger charge is -2.26. The van der Waals surface area contributed by atoms with Crippen LogP contribution >= 0.6 is 0 Å². The van der Waals surface area contributed by atoms with Gasteiger partial charge in [-0.15, -0.1) is 0 Å². The monoisotopic (exact) mass is 457 g/mol. The third-order valence-electron chi connectivity index (χ3n) is 5.96. The third-order valence-corrected chi connectivity index (χ3v) is 5.96. The van der Waals surface area contributed by atoms with E-state index in [2.05, 4.69) is 0 Å². The number of aliphatic hydroxyl groups is 1. The molecule has 34 heavy (non-hydrogen) atoms. The number of carbonyl (C=O) groups is 2. The van der Waals surface area contributed by atoms with Crippen LogP contribution in [0.2, 0.25) is 0 Å². The predicted octanol–water partition coefficient (Wildman–Crippen LogP) is 4.09. The minimum Gasteiger partial charge on any atom is -0.507 e. The summed E-state index contributed by atoms with van der Waals surface area (Å²) in [6.07, 6.45) is 0. The van der Waals surface area contributed by atoms with Crippen molar-refractivity contribution >= 4 is 17.4 Å².